The van der Waals surface area contributed by atoms with Gasteiger partial charge in [-0.15, -0.1) is 11.3 Å². The molecule has 0 aromatic carbocycles. The summed E-state index contributed by atoms with van der Waals surface area (Å²) in [5, 5.41) is 10.9. The molecule has 2 aliphatic rings. The normalized spacial score (nSPS) is 19.3. The lowest BCUT2D eigenvalue weighted by molar-refractivity contribution is -0.143. The number of fused-ring (bicyclic) bond motifs is 1. The van der Waals surface area contributed by atoms with Crippen LogP contribution < -0.4 is 26.4 Å². The summed E-state index contributed by atoms with van der Waals surface area (Å²) in [5.74, 6) is -2.32. The smallest absolute Gasteiger partial charge is 0.315 e. The Hall–Kier alpha value is -4.66. The molecule has 1 aliphatic heterocycles. The lowest BCUT2D eigenvalue weighted by Gasteiger charge is -2.36. The van der Waals surface area contributed by atoms with Crippen LogP contribution in [0.2, 0.25) is 0 Å². The maximum absolute atomic E-state index is 14.5. The Morgan fingerprint density at radius 2 is 1.78 bits per heavy atom. The number of ether oxygens (including phenoxy) is 1. The zero-order valence-electron chi connectivity index (χ0n) is 29.3. The fourth-order valence-electron chi connectivity index (χ4n) is 6.12. The van der Waals surface area contributed by atoms with Crippen LogP contribution in [0.3, 0.4) is 0 Å². The fraction of sp³-hybridized carbons (Fsp3) is 0.543. The molecule has 0 bridgehead atoms. The highest BCUT2D eigenvalue weighted by Crippen LogP contribution is 2.34. The number of primary amides is 1. The number of nitrogens with zero attached hydrogens (tertiary/aromatic N) is 4. The average molecular weight is 707 g/mol. The zero-order valence-corrected chi connectivity index (χ0v) is 30.1. The summed E-state index contributed by atoms with van der Waals surface area (Å²) >= 11 is 1.41. The van der Waals surface area contributed by atoms with E-state index in [4.69, 9.17) is 10.5 Å². The molecular weight excluding hydrogens is 661 g/mol. The molecule has 4 atom stereocenters. The third kappa shape index (κ3) is 8.73. The van der Waals surface area contributed by atoms with Gasteiger partial charge in [-0.05, 0) is 62.1 Å². The minimum absolute atomic E-state index is 0.0162. The van der Waals surface area contributed by atoms with Crippen molar-refractivity contribution in [2.75, 3.05) is 6.54 Å². The number of thiophene rings is 1. The van der Waals surface area contributed by atoms with E-state index in [0.29, 0.717) is 21.7 Å². The number of nitrogens with two attached hydrogens (primary N) is 1. The van der Waals surface area contributed by atoms with Crippen LogP contribution in [0.1, 0.15) is 73.6 Å². The van der Waals surface area contributed by atoms with Crippen LogP contribution in [0, 0.1) is 11.3 Å². The van der Waals surface area contributed by atoms with Crippen molar-refractivity contribution in [3.63, 3.8) is 0 Å². The standard InChI is InChI=1S/C35H46N8O6S/c1-34(2,3)26(39-33(48)42-35(4,5)6)32(47)43-18-20(17-24(43)29(46)38-23(25(44)27(36)45)16-19-10-9-11-19)49-30-21-13-15-50-31(21)41-28(40-30)22-12-7-8-14-37-22/h7-8,12-15,19-20,23-24,26H,9-11,16-18H2,1-6H3,(H2,36,45)(H,38,46)(H2,39,42,48)/t20-,23+,24?,26?/m1/s1. The van der Waals surface area contributed by atoms with E-state index in [1.54, 1.807) is 18.3 Å². The second-order valence-electron chi connectivity index (χ2n) is 15.2. The second kappa shape index (κ2) is 14.7. The number of nitrogens with one attached hydrogen (secondary N) is 3. The SMILES string of the molecule is CC(C)(C)NC(=O)NC(C(=O)N1C[C@H](Oc2nc(-c3ccccn3)nc3sccc23)CC1C(=O)N[C@@H](CC1CCC1)C(=O)C(N)=O)C(C)(C)C. The number of rotatable bonds is 11. The van der Waals surface area contributed by atoms with E-state index < -0.39 is 64.7 Å². The van der Waals surface area contributed by atoms with Crippen molar-refractivity contribution in [2.45, 2.75) is 103 Å². The lowest BCUT2D eigenvalue weighted by Crippen LogP contribution is -2.61. The highest BCUT2D eigenvalue weighted by molar-refractivity contribution is 7.16. The van der Waals surface area contributed by atoms with Crippen molar-refractivity contribution in [1.29, 1.82) is 0 Å². The van der Waals surface area contributed by atoms with Crippen LogP contribution in [0.5, 0.6) is 5.88 Å². The number of carbonyl (C=O) groups is 5. The number of Topliss-reactive ketones (excluding diaryl/α,β-unsaturated/α-hetero) is 1. The third-order valence-corrected chi connectivity index (χ3v) is 9.66. The monoisotopic (exact) mass is 706 g/mol. The summed E-state index contributed by atoms with van der Waals surface area (Å²) < 4.78 is 6.48. The summed E-state index contributed by atoms with van der Waals surface area (Å²) in [5.41, 5.74) is 4.60. The Morgan fingerprint density at radius 3 is 2.38 bits per heavy atom. The van der Waals surface area contributed by atoms with E-state index in [-0.39, 0.29) is 31.2 Å². The van der Waals surface area contributed by atoms with Gasteiger partial charge in [0, 0.05) is 18.2 Å². The van der Waals surface area contributed by atoms with Gasteiger partial charge in [-0.25, -0.2) is 9.78 Å². The maximum Gasteiger partial charge on any atom is 0.315 e. The molecule has 1 saturated heterocycles. The molecular formula is C35H46N8O6S. The van der Waals surface area contributed by atoms with Gasteiger partial charge in [-0.1, -0.05) is 46.1 Å². The predicted octanol–water partition coefficient (Wildman–Crippen LogP) is 3.34. The summed E-state index contributed by atoms with van der Waals surface area (Å²) in [7, 11) is 0. The van der Waals surface area contributed by atoms with E-state index in [1.807, 2.05) is 59.1 Å². The first kappa shape index (κ1) is 36.6. The highest BCUT2D eigenvalue weighted by Gasteiger charge is 2.47. The molecule has 0 radical (unpaired) electrons. The largest absolute Gasteiger partial charge is 0.472 e. The first-order valence-electron chi connectivity index (χ1n) is 16.9. The fourth-order valence-corrected chi connectivity index (χ4v) is 6.87. The Kier molecular flexibility index (Phi) is 10.7. The van der Waals surface area contributed by atoms with E-state index in [9.17, 15) is 24.0 Å². The van der Waals surface area contributed by atoms with Crippen molar-refractivity contribution >= 4 is 51.1 Å². The Labute approximate surface area is 295 Å². The van der Waals surface area contributed by atoms with Crippen LogP contribution in [0.4, 0.5) is 4.79 Å². The van der Waals surface area contributed by atoms with Gasteiger partial charge >= 0.3 is 6.03 Å². The Morgan fingerprint density at radius 1 is 1.04 bits per heavy atom. The molecule has 2 unspecified atom stereocenters. The number of carbonyl (C=O) groups excluding carboxylic acids is 5. The van der Waals surface area contributed by atoms with Crippen LogP contribution >= 0.6 is 11.3 Å². The van der Waals surface area contributed by atoms with E-state index in [2.05, 4.69) is 30.9 Å². The molecule has 5 amide bonds. The van der Waals surface area contributed by atoms with Gasteiger partial charge in [-0.2, -0.15) is 4.98 Å². The first-order valence-corrected chi connectivity index (χ1v) is 17.7. The number of pyridine rings is 1. The molecule has 1 aliphatic carbocycles. The third-order valence-electron chi connectivity index (χ3n) is 8.86. The number of hydrogen-bond acceptors (Lipinski definition) is 10. The molecule has 1 saturated carbocycles. The number of amides is 5. The van der Waals surface area contributed by atoms with Crippen LogP contribution in [0.15, 0.2) is 35.8 Å². The quantitative estimate of drug-likeness (QED) is 0.216. The van der Waals surface area contributed by atoms with Crippen molar-refractivity contribution in [3.05, 3.63) is 35.8 Å². The van der Waals surface area contributed by atoms with Gasteiger partial charge < -0.3 is 31.3 Å². The van der Waals surface area contributed by atoms with Gasteiger partial charge in [0.05, 0.1) is 18.0 Å². The number of urea groups is 1. The maximum atomic E-state index is 14.5. The Balaban J connectivity index is 1.46. The molecule has 50 heavy (non-hydrogen) atoms. The number of likely N-dealkylation sites (tertiary alicyclic amines) is 1. The molecule has 5 N–H and O–H groups in total. The van der Waals surface area contributed by atoms with Crippen molar-refractivity contribution < 1.29 is 28.7 Å². The van der Waals surface area contributed by atoms with E-state index >= 15 is 0 Å². The van der Waals surface area contributed by atoms with Gasteiger partial charge in [0.2, 0.25) is 23.5 Å². The van der Waals surface area contributed by atoms with Crippen molar-refractivity contribution in [1.82, 2.24) is 35.8 Å². The highest BCUT2D eigenvalue weighted by atomic mass is 32.1. The van der Waals surface area contributed by atoms with Crippen LogP contribution in [0.25, 0.3) is 21.7 Å². The molecule has 4 heterocycles. The molecule has 0 spiro atoms. The van der Waals surface area contributed by atoms with Gasteiger partial charge in [-0.3, -0.25) is 24.2 Å². The van der Waals surface area contributed by atoms with E-state index in [0.717, 1.165) is 19.3 Å². The van der Waals surface area contributed by atoms with Crippen molar-refractivity contribution in [3.8, 4) is 17.4 Å². The van der Waals surface area contributed by atoms with Crippen molar-refractivity contribution in [2.24, 2.45) is 17.1 Å². The Bertz CT molecular complexity index is 1750. The minimum atomic E-state index is -1.13. The molecule has 3 aromatic rings. The first-order chi connectivity index (χ1) is 23.5. The van der Waals surface area contributed by atoms with Gasteiger partial charge in [0.15, 0.2) is 5.82 Å². The molecule has 15 heteroatoms. The second-order valence-corrected chi connectivity index (χ2v) is 16.1. The molecule has 3 aromatic heterocycles. The minimum Gasteiger partial charge on any atom is -0.472 e. The predicted molar refractivity (Wildman–Crippen MR) is 188 cm³/mol. The summed E-state index contributed by atoms with van der Waals surface area (Å²) in [6, 6.07) is 3.47. The lowest BCUT2D eigenvalue weighted by atomic mass is 9.80. The molecule has 14 nitrogen and oxygen atoms in total. The number of aromatic nitrogens is 3. The summed E-state index contributed by atoms with van der Waals surface area (Å²) in [6.45, 7) is 10.9. The molecule has 5 rings (SSSR count). The van der Waals surface area contributed by atoms with Crippen LogP contribution in [-0.4, -0.2) is 85.7 Å². The van der Waals surface area contributed by atoms with Gasteiger partial charge in [0.25, 0.3) is 5.91 Å². The summed E-state index contributed by atoms with van der Waals surface area (Å²) in [4.78, 5) is 82.1. The number of hydrogen-bond donors (Lipinski definition) is 4. The summed E-state index contributed by atoms with van der Waals surface area (Å²) in [6.07, 6.45) is 4.04. The number of ketones is 1. The van der Waals surface area contributed by atoms with E-state index in [1.165, 1.54) is 16.2 Å². The molecule has 268 valence electrons. The van der Waals surface area contributed by atoms with Gasteiger partial charge in [0.1, 0.15) is 28.7 Å². The zero-order chi connectivity index (χ0) is 36.4. The average Bonchev–Trinajstić information content (AvgIpc) is 3.67. The van der Waals surface area contributed by atoms with Crippen LogP contribution in [-0.2, 0) is 19.2 Å². The topological polar surface area (TPSA) is 199 Å². The molecule has 2 fully saturated rings.